The minimum atomic E-state index is -4.67. The van der Waals surface area contributed by atoms with Gasteiger partial charge in [-0.2, -0.15) is 13.2 Å². The molecule has 2 heterocycles. The summed E-state index contributed by atoms with van der Waals surface area (Å²) in [5.41, 5.74) is 2.37. The number of nitrogens with zero attached hydrogens (tertiary/aromatic N) is 4. The summed E-state index contributed by atoms with van der Waals surface area (Å²) in [4.78, 5) is 23.2. The molecule has 0 radical (unpaired) electrons. The summed E-state index contributed by atoms with van der Waals surface area (Å²) < 4.78 is 67.2. The molecule has 1 fully saturated rings. The number of halogens is 3. The first kappa shape index (κ1) is 32.2. The van der Waals surface area contributed by atoms with Crippen LogP contribution in [0, 0.1) is 13.8 Å². The number of rotatable bonds is 9. The third kappa shape index (κ3) is 8.23. The number of aryl methyl sites for hydroxylation is 4. The van der Waals surface area contributed by atoms with Crippen LogP contribution >= 0.6 is 0 Å². The molecule has 1 aromatic heterocycles. The molecule has 3 aromatic rings. The zero-order valence-electron chi connectivity index (χ0n) is 24.9. The van der Waals surface area contributed by atoms with Gasteiger partial charge in [0.15, 0.2) is 0 Å². The molecule has 1 aliphatic heterocycles. The lowest BCUT2D eigenvalue weighted by Crippen LogP contribution is -2.43. The average molecular weight is 619 g/mol. The summed E-state index contributed by atoms with van der Waals surface area (Å²) in [5.74, 6) is -0.193. The van der Waals surface area contributed by atoms with E-state index in [-0.39, 0.29) is 36.4 Å². The Bertz CT molecular complexity index is 1590. The first-order chi connectivity index (χ1) is 20.1. The van der Waals surface area contributed by atoms with Crippen molar-refractivity contribution in [3.8, 4) is 0 Å². The van der Waals surface area contributed by atoms with E-state index < -0.39 is 21.8 Å². The molecule has 1 amide bonds. The molecule has 0 spiro atoms. The van der Waals surface area contributed by atoms with E-state index in [0.29, 0.717) is 28.1 Å². The highest BCUT2D eigenvalue weighted by Gasteiger charge is 2.35. The number of aromatic nitrogens is 2. The van der Waals surface area contributed by atoms with Crippen LogP contribution in [0.25, 0.3) is 0 Å². The normalized spacial score (nSPS) is 14.9. The molecule has 0 saturated carbocycles. The van der Waals surface area contributed by atoms with Crippen molar-refractivity contribution in [3.05, 3.63) is 76.1 Å². The van der Waals surface area contributed by atoms with Crippen molar-refractivity contribution in [1.29, 1.82) is 0 Å². The van der Waals surface area contributed by atoms with E-state index >= 15 is 0 Å². The highest BCUT2D eigenvalue weighted by molar-refractivity contribution is 7.92. The van der Waals surface area contributed by atoms with E-state index in [2.05, 4.69) is 32.5 Å². The maximum Gasteiger partial charge on any atom is 0.419 e. The van der Waals surface area contributed by atoms with Gasteiger partial charge in [0.1, 0.15) is 0 Å². The van der Waals surface area contributed by atoms with Gasteiger partial charge in [-0.1, -0.05) is 12.1 Å². The summed E-state index contributed by atoms with van der Waals surface area (Å²) in [5, 5.41) is 6.06. The van der Waals surface area contributed by atoms with Crippen molar-refractivity contribution >= 4 is 33.3 Å². The number of hydrogen-bond donors (Lipinski definition) is 2. The highest BCUT2D eigenvalue weighted by atomic mass is 32.2. The predicted octanol–water partition coefficient (Wildman–Crippen LogP) is 4.86. The molecule has 1 saturated heterocycles. The van der Waals surface area contributed by atoms with Crippen molar-refractivity contribution in [2.45, 2.75) is 51.7 Å². The lowest BCUT2D eigenvalue weighted by Gasteiger charge is -2.29. The minimum Gasteiger partial charge on any atom is -0.349 e. The van der Waals surface area contributed by atoms with Crippen LogP contribution < -0.4 is 14.9 Å². The van der Waals surface area contributed by atoms with Gasteiger partial charge in [0.25, 0.3) is 5.91 Å². The Balaban J connectivity index is 1.54. The van der Waals surface area contributed by atoms with Gasteiger partial charge >= 0.3 is 6.18 Å². The summed E-state index contributed by atoms with van der Waals surface area (Å²) >= 11 is 0. The van der Waals surface area contributed by atoms with Gasteiger partial charge in [-0.05, 0) is 101 Å². The van der Waals surface area contributed by atoms with Crippen LogP contribution in [0.2, 0.25) is 0 Å². The maximum absolute atomic E-state index is 13.9. The standard InChI is InChI=1S/C30H37F3N6O3S/c1-19-6-7-21(27(16-19)39(4)43(5,41)42)8-11-26-24(30(31,32)33)18-34-29(37-26)36-25-10-9-22(17-20(25)2)28(40)35-23-12-14-38(3)15-13-23/h6-7,9-10,16-18,23H,8,11-15H2,1-5H3,(H,35,40)(H,34,36,37). The lowest BCUT2D eigenvalue weighted by molar-refractivity contribution is -0.138. The predicted molar refractivity (Wildman–Crippen MR) is 161 cm³/mol. The Morgan fingerprint density at radius 3 is 2.42 bits per heavy atom. The number of sulfonamides is 1. The van der Waals surface area contributed by atoms with Crippen LogP contribution in [0.5, 0.6) is 0 Å². The molecule has 0 unspecified atom stereocenters. The molecular formula is C30H37F3N6O3S. The zero-order chi connectivity index (χ0) is 31.5. The van der Waals surface area contributed by atoms with Crippen molar-refractivity contribution in [2.24, 2.45) is 0 Å². The first-order valence-corrected chi connectivity index (χ1v) is 15.8. The van der Waals surface area contributed by atoms with E-state index in [1.54, 1.807) is 43.3 Å². The SMILES string of the molecule is Cc1ccc(CCc2nc(Nc3ccc(C(=O)NC4CCN(C)CC4)cc3C)ncc2C(F)(F)F)c(N(C)S(C)(=O)=O)c1. The summed E-state index contributed by atoms with van der Waals surface area (Å²) in [6.07, 6.45) is -1.07. The summed E-state index contributed by atoms with van der Waals surface area (Å²) in [6.45, 7) is 5.44. The van der Waals surface area contributed by atoms with E-state index in [0.717, 1.165) is 48.3 Å². The molecule has 9 nitrogen and oxygen atoms in total. The van der Waals surface area contributed by atoms with Crippen LogP contribution in [0.15, 0.2) is 42.6 Å². The zero-order valence-corrected chi connectivity index (χ0v) is 25.7. The molecule has 4 rings (SSSR count). The van der Waals surface area contributed by atoms with Gasteiger partial charge in [-0.25, -0.2) is 18.4 Å². The molecule has 43 heavy (non-hydrogen) atoms. The van der Waals surface area contributed by atoms with E-state index in [1.165, 1.54) is 7.05 Å². The maximum atomic E-state index is 13.9. The van der Waals surface area contributed by atoms with Crippen LogP contribution in [-0.4, -0.2) is 68.7 Å². The number of anilines is 3. The lowest BCUT2D eigenvalue weighted by atomic mass is 10.0. The first-order valence-electron chi connectivity index (χ1n) is 14.0. The van der Waals surface area contributed by atoms with Crippen LogP contribution in [0.4, 0.5) is 30.5 Å². The second-order valence-corrected chi connectivity index (χ2v) is 13.1. The van der Waals surface area contributed by atoms with E-state index in [1.807, 2.05) is 6.92 Å². The summed E-state index contributed by atoms with van der Waals surface area (Å²) in [6, 6.07) is 10.4. The van der Waals surface area contributed by atoms with Gasteiger partial charge in [0, 0.05) is 30.5 Å². The third-order valence-electron chi connectivity index (χ3n) is 7.67. The third-order valence-corrected chi connectivity index (χ3v) is 8.86. The van der Waals surface area contributed by atoms with Crippen molar-refractivity contribution in [1.82, 2.24) is 20.2 Å². The van der Waals surface area contributed by atoms with Gasteiger partial charge in [-0.15, -0.1) is 0 Å². The molecule has 0 bridgehead atoms. The number of likely N-dealkylation sites (tertiary alicyclic amines) is 1. The molecule has 0 atom stereocenters. The largest absolute Gasteiger partial charge is 0.419 e. The van der Waals surface area contributed by atoms with Crippen molar-refractivity contribution in [3.63, 3.8) is 0 Å². The second kappa shape index (κ2) is 12.9. The molecule has 13 heteroatoms. The fraction of sp³-hybridized carbons (Fsp3) is 0.433. The average Bonchev–Trinajstić information content (AvgIpc) is 2.93. The molecule has 0 aliphatic carbocycles. The summed E-state index contributed by atoms with van der Waals surface area (Å²) in [7, 11) is -0.119. The van der Waals surface area contributed by atoms with Crippen LogP contribution in [0.3, 0.4) is 0 Å². The van der Waals surface area contributed by atoms with Crippen LogP contribution in [0.1, 0.15) is 51.1 Å². The number of carbonyl (C=O) groups is 1. The van der Waals surface area contributed by atoms with E-state index in [4.69, 9.17) is 0 Å². The van der Waals surface area contributed by atoms with Crippen molar-refractivity contribution < 1.29 is 26.4 Å². The second-order valence-electron chi connectivity index (χ2n) is 11.1. The fourth-order valence-electron chi connectivity index (χ4n) is 5.00. The number of piperidine rings is 1. The van der Waals surface area contributed by atoms with Crippen LogP contribution in [-0.2, 0) is 29.0 Å². The van der Waals surface area contributed by atoms with Gasteiger partial charge in [0.05, 0.1) is 23.2 Å². The van der Waals surface area contributed by atoms with E-state index in [9.17, 15) is 26.4 Å². The highest BCUT2D eigenvalue weighted by Crippen LogP contribution is 2.33. The topological polar surface area (TPSA) is 108 Å². The Morgan fingerprint density at radius 1 is 1.09 bits per heavy atom. The fourth-order valence-corrected chi connectivity index (χ4v) is 5.53. The van der Waals surface area contributed by atoms with Gasteiger partial charge in [-0.3, -0.25) is 9.10 Å². The van der Waals surface area contributed by atoms with Gasteiger partial charge < -0.3 is 15.5 Å². The Kier molecular flexibility index (Phi) is 9.65. The quantitative estimate of drug-likeness (QED) is 0.353. The Labute approximate surface area is 250 Å². The smallest absolute Gasteiger partial charge is 0.349 e. The molecule has 1 aliphatic rings. The molecule has 2 aromatic carbocycles. The molecular weight excluding hydrogens is 581 g/mol. The molecule has 232 valence electrons. The van der Waals surface area contributed by atoms with Crippen molar-refractivity contribution in [2.75, 3.05) is 43.1 Å². The Hall–Kier alpha value is -3.71. The minimum absolute atomic E-state index is 0.0213. The van der Waals surface area contributed by atoms with Gasteiger partial charge in [0.2, 0.25) is 16.0 Å². The number of nitrogens with one attached hydrogen (secondary N) is 2. The Morgan fingerprint density at radius 2 is 1.79 bits per heavy atom. The number of amides is 1. The number of alkyl halides is 3. The number of carbonyl (C=O) groups excluding carboxylic acids is 1. The number of hydrogen-bond acceptors (Lipinski definition) is 7. The number of benzene rings is 2. The molecule has 2 N–H and O–H groups in total. The monoisotopic (exact) mass is 618 g/mol.